The number of hydrogen-bond acceptors (Lipinski definition) is 0. The highest BCUT2D eigenvalue weighted by atomic mass is 14.5. The highest BCUT2D eigenvalue weighted by Crippen LogP contribution is 2.54. The molecule has 0 aromatic rings. The van der Waals surface area contributed by atoms with E-state index in [2.05, 4.69) is 53.3 Å². The van der Waals surface area contributed by atoms with E-state index in [1.165, 1.54) is 56.9 Å². The smallest absolute Gasteiger partial charge is 0.0137 e. The minimum Gasteiger partial charge on any atom is -0.0996 e. The second kappa shape index (κ2) is 7.45. The van der Waals surface area contributed by atoms with Crippen molar-refractivity contribution in [1.29, 1.82) is 0 Å². The molecular weight excluding hydrogens is 300 g/mol. The summed E-state index contributed by atoms with van der Waals surface area (Å²) < 4.78 is 0. The van der Waals surface area contributed by atoms with Crippen molar-refractivity contribution in [2.75, 3.05) is 0 Å². The van der Waals surface area contributed by atoms with Crippen LogP contribution in [-0.2, 0) is 0 Å². The fourth-order valence-corrected chi connectivity index (χ4v) is 6.23. The minimum atomic E-state index is 0.505. The Hall–Kier alpha value is -0.780. The zero-order chi connectivity index (χ0) is 18.2. The first-order chi connectivity index (χ1) is 11.8. The van der Waals surface area contributed by atoms with Crippen molar-refractivity contribution in [2.24, 2.45) is 35.0 Å². The summed E-state index contributed by atoms with van der Waals surface area (Å²) in [6.45, 7) is 16.7. The molecule has 0 radical (unpaired) electrons. The van der Waals surface area contributed by atoms with Crippen LogP contribution in [0.5, 0.6) is 0 Å². The Balaban J connectivity index is 1.91. The van der Waals surface area contributed by atoms with Gasteiger partial charge in [-0.2, -0.15) is 0 Å². The van der Waals surface area contributed by atoms with Crippen LogP contribution in [0.25, 0.3) is 0 Å². The third-order valence-electron chi connectivity index (χ3n) is 8.15. The lowest BCUT2D eigenvalue weighted by Gasteiger charge is -2.35. The van der Waals surface area contributed by atoms with Crippen molar-refractivity contribution in [3.8, 4) is 0 Å². The molecule has 0 aromatic carbocycles. The number of fused-ring (bicyclic) bond motifs is 2. The van der Waals surface area contributed by atoms with E-state index in [4.69, 9.17) is 0 Å². The quantitative estimate of drug-likeness (QED) is 0.428. The van der Waals surface area contributed by atoms with Gasteiger partial charge in [-0.3, -0.25) is 0 Å². The lowest BCUT2D eigenvalue weighted by atomic mass is 9.69. The molecule has 140 valence electrons. The molecule has 0 aliphatic heterocycles. The average molecular weight is 341 g/mol. The molecule has 0 heteroatoms. The van der Waals surface area contributed by atoms with Gasteiger partial charge in [0, 0.05) is 0 Å². The van der Waals surface area contributed by atoms with E-state index in [9.17, 15) is 0 Å². The second-order valence-electron chi connectivity index (χ2n) is 10.1. The fraction of sp³-hybridized carbons (Fsp3) is 0.760. The van der Waals surface area contributed by atoms with Crippen molar-refractivity contribution >= 4 is 0 Å². The lowest BCUT2D eigenvalue weighted by molar-refractivity contribution is 0.169. The molecule has 0 saturated heterocycles. The molecular formula is C25H40. The molecule has 3 rings (SSSR count). The Morgan fingerprint density at radius 2 is 1.76 bits per heavy atom. The van der Waals surface area contributed by atoms with Gasteiger partial charge < -0.3 is 0 Å². The normalized spacial score (nSPS) is 40.0. The van der Waals surface area contributed by atoms with Crippen LogP contribution in [-0.4, -0.2) is 0 Å². The van der Waals surface area contributed by atoms with Gasteiger partial charge in [0.2, 0.25) is 0 Å². The molecule has 0 bridgehead atoms. The van der Waals surface area contributed by atoms with Crippen molar-refractivity contribution in [3.05, 3.63) is 35.5 Å². The van der Waals surface area contributed by atoms with Gasteiger partial charge in [-0.05, 0) is 100 Å². The molecule has 5 atom stereocenters. The topological polar surface area (TPSA) is 0 Å². The Bertz CT molecular complexity index is 561. The molecule has 0 amide bonds. The molecule has 3 aliphatic rings. The summed E-state index contributed by atoms with van der Waals surface area (Å²) in [5, 5.41) is 0. The summed E-state index contributed by atoms with van der Waals surface area (Å²) in [4.78, 5) is 0. The predicted molar refractivity (Wildman–Crippen MR) is 110 cm³/mol. The molecule has 2 saturated carbocycles. The summed E-state index contributed by atoms with van der Waals surface area (Å²) in [7, 11) is 0. The molecule has 0 N–H and O–H groups in total. The molecule has 25 heavy (non-hydrogen) atoms. The number of rotatable bonds is 1. The van der Waals surface area contributed by atoms with Crippen LogP contribution in [0.4, 0.5) is 0 Å². The predicted octanol–water partition coefficient (Wildman–Crippen LogP) is 7.72. The first-order valence-electron chi connectivity index (χ1n) is 10.8. The summed E-state index contributed by atoms with van der Waals surface area (Å²) in [6, 6.07) is 0. The zero-order valence-corrected chi connectivity index (χ0v) is 17.4. The van der Waals surface area contributed by atoms with Crippen molar-refractivity contribution < 1.29 is 0 Å². The Morgan fingerprint density at radius 1 is 1.04 bits per heavy atom. The Morgan fingerprint density at radius 3 is 2.48 bits per heavy atom. The highest BCUT2D eigenvalue weighted by molar-refractivity contribution is 5.20. The van der Waals surface area contributed by atoms with Gasteiger partial charge in [-0.1, -0.05) is 56.2 Å². The molecule has 2 fully saturated rings. The van der Waals surface area contributed by atoms with E-state index in [-0.39, 0.29) is 0 Å². The SMILES string of the molecule is C=C1CCC2C(C)=CCC3[C@H](C(C)C)CC[C@]3(C)CC=C(C)CCC12. The van der Waals surface area contributed by atoms with E-state index in [0.717, 1.165) is 29.6 Å². The van der Waals surface area contributed by atoms with Gasteiger partial charge in [0.25, 0.3) is 0 Å². The van der Waals surface area contributed by atoms with Crippen LogP contribution in [0, 0.1) is 35.0 Å². The first kappa shape index (κ1) is 19.0. The van der Waals surface area contributed by atoms with Gasteiger partial charge in [-0.15, -0.1) is 0 Å². The van der Waals surface area contributed by atoms with Crippen LogP contribution >= 0.6 is 0 Å². The van der Waals surface area contributed by atoms with E-state index >= 15 is 0 Å². The largest absolute Gasteiger partial charge is 0.0996 e. The molecule has 0 nitrogen and oxygen atoms in total. The van der Waals surface area contributed by atoms with Crippen LogP contribution < -0.4 is 0 Å². The van der Waals surface area contributed by atoms with E-state index in [0.29, 0.717) is 5.41 Å². The molecule has 3 aliphatic carbocycles. The highest BCUT2D eigenvalue weighted by Gasteiger charge is 2.44. The minimum absolute atomic E-state index is 0.505. The summed E-state index contributed by atoms with van der Waals surface area (Å²) >= 11 is 0. The maximum atomic E-state index is 4.42. The van der Waals surface area contributed by atoms with E-state index in [1.54, 1.807) is 11.1 Å². The van der Waals surface area contributed by atoms with Gasteiger partial charge in [-0.25, -0.2) is 0 Å². The maximum Gasteiger partial charge on any atom is -0.0137 e. The van der Waals surface area contributed by atoms with Crippen LogP contribution in [0.2, 0.25) is 0 Å². The van der Waals surface area contributed by atoms with Crippen molar-refractivity contribution in [2.45, 2.75) is 86.0 Å². The van der Waals surface area contributed by atoms with E-state index < -0.39 is 0 Å². The molecule has 0 aromatic heterocycles. The summed E-state index contributed by atoms with van der Waals surface area (Å²) in [5.74, 6) is 4.08. The number of hydrogen-bond donors (Lipinski definition) is 0. The van der Waals surface area contributed by atoms with Gasteiger partial charge in [0.1, 0.15) is 0 Å². The maximum absolute atomic E-state index is 4.42. The average Bonchev–Trinajstić information content (AvgIpc) is 3.09. The fourth-order valence-electron chi connectivity index (χ4n) is 6.23. The van der Waals surface area contributed by atoms with Gasteiger partial charge >= 0.3 is 0 Å². The van der Waals surface area contributed by atoms with E-state index in [1.807, 2.05) is 0 Å². The van der Waals surface area contributed by atoms with Crippen LogP contribution in [0.1, 0.15) is 86.0 Å². The molecule has 0 spiro atoms. The Labute approximate surface area is 156 Å². The van der Waals surface area contributed by atoms with Gasteiger partial charge in [0.15, 0.2) is 0 Å². The number of allylic oxidation sites excluding steroid dienone is 5. The molecule has 3 unspecified atom stereocenters. The second-order valence-corrected chi connectivity index (χ2v) is 10.1. The monoisotopic (exact) mass is 340 g/mol. The van der Waals surface area contributed by atoms with Crippen LogP contribution in [0.3, 0.4) is 0 Å². The summed E-state index contributed by atoms with van der Waals surface area (Å²) in [6.07, 6.45) is 15.8. The summed E-state index contributed by atoms with van der Waals surface area (Å²) in [5.41, 5.74) is 5.31. The third-order valence-corrected chi connectivity index (χ3v) is 8.15. The van der Waals surface area contributed by atoms with Crippen molar-refractivity contribution in [3.63, 3.8) is 0 Å². The molecule has 0 heterocycles. The lowest BCUT2D eigenvalue weighted by Crippen LogP contribution is -2.27. The van der Waals surface area contributed by atoms with Gasteiger partial charge in [0.05, 0.1) is 0 Å². The Kier molecular flexibility index (Phi) is 5.66. The van der Waals surface area contributed by atoms with Crippen molar-refractivity contribution in [1.82, 2.24) is 0 Å². The standard InChI is InChI=1S/C25H40/c1-17(2)21-14-16-25(6)15-13-18(3)7-10-22-19(4)8-11-23(22)20(5)9-12-24(21)25/h9,13,17,21-24H,4,7-8,10-12,14-16H2,1-3,5-6H3/t21-,22?,23?,24?,25-/m0/s1. The van der Waals surface area contributed by atoms with Crippen LogP contribution in [0.15, 0.2) is 35.5 Å². The first-order valence-corrected chi connectivity index (χ1v) is 10.8. The zero-order valence-electron chi connectivity index (χ0n) is 17.4. The third kappa shape index (κ3) is 3.83.